The molecule has 1 N–H and O–H groups in total. The molecule has 0 aliphatic heterocycles. The molecule has 3 aromatic rings. The monoisotopic (exact) mass is 346 g/mol. The first-order chi connectivity index (χ1) is 12.5. The van der Waals surface area contributed by atoms with Gasteiger partial charge in [-0.15, -0.1) is 0 Å². The molecule has 134 valence electrons. The summed E-state index contributed by atoms with van der Waals surface area (Å²) in [5.41, 5.74) is 5.59. The summed E-state index contributed by atoms with van der Waals surface area (Å²) in [7, 11) is 0. The highest BCUT2D eigenvalue weighted by molar-refractivity contribution is 5.66. The van der Waals surface area contributed by atoms with Crippen molar-refractivity contribution in [2.45, 2.75) is 39.4 Å². The molecule has 0 heterocycles. The molecule has 0 saturated heterocycles. The van der Waals surface area contributed by atoms with Crippen LogP contribution in [0, 0.1) is 0 Å². The molecule has 0 unspecified atom stereocenters. The Balaban J connectivity index is 1.85. The van der Waals surface area contributed by atoms with Gasteiger partial charge in [-0.1, -0.05) is 75.4 Å². The molecule has 0 spiro atoms. The molecule has 0 radical (unpaired) electrons. The number of hydrogen-bond donors (Lipinski definition) is 1. The highest BCUT2D eigenvalue weighted by Gasteiger charge is 2.13. The zero-order chi connectivity index (χ0) is 18.6. The van der Waals surface area contributed by atoms with Crippen LogP contribution in [0.4, 0.5) is 0 Å². The lowest BCUT2D eigenvalue weighted by atomic mass is 9.86. The number of aliphatic hydroxyl groups excluding tert-OH is 1. The van der Waals surface area contributed by atoms with Crippen molar-refractivity contribution in [3.8, 4) is 16.9 Å². The molecular weight excluding hydrogens is 320 g/mol. The number of aliphatic hydroxyl groups is 1. The van der Waals surface area contributed by atoms with Crippen molar-refractivity contribution in [3.63, 3.8) is 0 Å². The SMILES string of the molecule is CC(C)(C)c1ccc(-c2cc(CO)cc(OCc3ccccc3)c2)cc1. The van der Waals surface area contributed by atoms with Crippen LogP contribution < -0.4 is 4.74 Å². The van der Waals surface area contributed by atoms with E-state index < -0.39 is 0 Å². The third-order valence-electron chi connectivity index (χ3n) is 4.48. The fourth-order valence-electron chi connectivity index (χ4n) is 2.91. The predicted molar refractivity (Wildman–Crippen MR) is 107 cm³/mol. The van der Waals surface area contributed by atoms with Gasteiger partial charge in [0.25, 0.3) is 0 Å². The van der Waals surface area contributed by atoms with Crippen LogP contribution in [0.3, 0.4) is 0 Å². The van der Waals surface area contributed by atoms with Gasteiger partial charge in [-0.3, -0.25) is 0 Å². The van der Waals surface area contributed by atoms with Crippen LogP contribution in [-0.2, 0) is 18.6 Å². The van der Waals surface area contributed by atoms with Crippen LogP contribution >= 0.6 is 0 Å². The summed E-state index contributed by atoms with van der Waals surface area (Å²) in [4.78, 5) is 0. The van der Waals surface area contributed by atoms with Gasteiger partial charge < -0.3 is 9.84 Å². The highest BCUT2D eigenvalue weighted by Crippen LogP contribution is 2.29. The smallest absolute Gasteiger partial charge is 0.120 e. The lowest BCUT2D eigenvalue weighted by Crippen LogP contribution is -2.10. The molecule has 0 atom stereocenters. The summed E-state index contributed by atoms with van der Waals surface area (Å²) < 4.78 is 5.96. The molecule has 2 nitrogen and oxygen atoms in total. The molecule has 0 saturated carbocycles. The van der Waals surface area contributed by atoms with Crippen LogP contribution in [0.1, 0.15) is 37.5 Å². The van der Waals surface area contributed by atoms with E-state index in [4.69, 9.17) is 4.74 Å². The van der Waals surface area contributed by atoms with E-state index in [1.165, 1.54) is 5.56 Å². The molecule has 0 fully saturated rings. The maximum atomic E-state index is 9.61. The van der Waals surface area contributed by atoms with Gasteiger partial charge in [0, 0.05) is 0 Å². The van der Waals surface area contributed by atoms with E-state index in [0.717, 1.165) is 28.0 Å². The van der Waals surface area contributed by atoms with E-state index in [9.17, 15) is 5.11 Å². The van der Waals surface area contributed by atoms with Gasteiger partial charge >= 0.3 is 0 Å². The second-order valence-corrected chi connectivity index (χ2v) is 7.63. The van der Waals surface area contributed by atoms with E-state index in [-0.39, 0.29) is 12.0 Å². The summed E-state index contributed by atoms with van der Waals surface area (Å²) in [5.74, 6) is 0.773. The first-order valence-corrected chi connectivity index (χ1v) is 8.98. The predicted octanol–water partition coefficient (Wildman–Crippen LogP) is 5.72. The second kappa shape index (κ2) is 7.76. The maximum Gasteiger partial charge on any atom is 0.120 e. The molecule has 3 aromatic carbocycles. The summed E-state index contributed by atoms with van der Waals surface area (Å²) in [6.07, 6.45) is 0. The molecule has 26 heavy (non-hydrogen) atoms. The Bertz CT molecular complexity index is 844. The van der Waals surface area contributed by atoms with E-state index in [1.54, 1.807) is 0 Å². The Kier molecular flexibility index (Phi) is 5.43. The Morgan fingerprint density at radius 3 is 2.08 bits per heavy atom. The molecular formula is C24H26O2. The summed E-state index contributed by atoms with van der Waals surface area (Å²) in [6.45, 7) is 7.14. The van der Waals surface area contributed by atoms with Gasteiger partial charge in [0.2, 0.25) is 0 Å². The van der Waals surface area contributed by atoms with Gasteiger partial charge in [0.05, 0.1) is 6.61 Å². The van der Waals surface area contributed by atoms with Gasteiger partial charge in [0.1, 0.15) is 12.4 Å². The van der Waals surface area contributed by atoms with Crippen molar-refractivity contribution in [1.82, 2.24) is 0 Å². The second-order valence-electron chi connectivity index (χ2n) is 7.63. The minimum absolute atomic E-state index is 0.00435. The van der Waals surface area contributed by atoms with E-state index in [1.807, 2.05) is 48.5 Å². The highest BCUT2D eigenvalue weighted by atomic mass is 16.5. The zero-order valence-electron chi connectivity index (χ0n) is 15.7. The third-order valence-corrected chi connectivity index (χ3v) is 4.48. The average molecular weight is 346 g/mol. The lowest BCUT2D eigenvalue weighted by Gasteiger charge is -2.19. The fourth-order valence-corrected chi connectivity index (χ4v) is 2.91. The summed E-state index contributed by atoms with van der Waals surface area (Å²) in [6, 6.07) is 24.7. The molecule has 0 aromatic heterocycles. The lowest BCUT2D eigenvalue weighted by molar-refractivity contribution is 0.278. The van der Waals surface area contributed by atoms with Gasteiger partial charge in [0.15, 0.2) is 0 Å². The molecule has 0 bridgehead atoms. The fraction of sp³-hybridized carbons (Fsp3) is 0.250. The maximum absolute atomic E-state index is 9.61. The number of hydrogen-bond acceptors (Lipinski definition) is 2. The first-order valence-electron chi connectivity index (χ1n) is 8.98. The Hall–Kier alpha value is -2.58. The number of rotatable bonds is 5. The van der Waals surface area contributed by atoms with E-state index in [0.29, 0.717) is 6.61 Å². The third kappa shape index (κ3) is 4.53. The van der Waals surface area contributed by atoms with Crippen molar-refractivity contribution in [2.75, 3.05) is 0 Å². The van der Waals surface area contributed by atoms with Crippen molar-refractivity contribution < 1.29 is 9.84 Å². The number of benzene rings is 3. The van der Waals surface area contributed by atoms with Gasteiger partial charge in [-0.2, -0.15) is 0 Å². The van der Waals surface area contributed by atoms with Crippen molar-refractivity contribution >= 4 is 0 Å². The topological polar surface area (TPSA) is 29.5 Å². The molecule has 0 amide bonds. The Morgan fingerprint density at radius 2 is 1.46 bits per heavy atom. The van der Waals surface area contributed by atoms with E-state index >= 15 is 0 Å². The van der Waals surface area contributed by atoms with Gasteiger partial charge in [-0.05, 0) is 51.4 Å². The van der Waals surface area contributed by atoms with Crippen molar-refractivity contribution in [3.05, 3.63) is 89.5 Å². The number of ether oxygens (including phenoxy) is 1. The van der Waals surface area contributed by atoms with Crippen LogP contribution in [-0.4, -0.2) is 5.11 Å². The van der Waals surface area contributed by atoms with Crippen LogP contribution in [0.15, 0.2) is 72.8 Å². The van der Waals surface area contributed by atoms with E-state index in [2.05, 4.69) is 45.0 Å². The van der Waals surface area contributed by atoms with Crippen LogP contribution in [0.25, 0.3) is 11.1 Å². The molecule has 0 aliphatic carbocycles. The summed E-state index contributed by atoms with van der Waals surface area (Å²) >= 11 is 0. The largest absolute Gasteiger partial charge is 0.489 e. The van der Waals surface area contributed by atoms with Crippen molar-refractivity contribution in [2.24, 2.45) is 0 Å². The first kappa shape index (κ1) is 18.2. The Morgan fingerprint density at radius 1 is 0.769 bits per heavy atom. The van der Waals surface area contributed by atoms with Gasteiger partial charge in [-0.25, -0.2) is 0 Å². The standard InChI is InChI=1S/C24H26O2/c1-24(2,3)22-11-9-20(10-12-22)21-13-19(16-25)14-23(15-21)26-17-18-7-5-4-6-8-18/h4-15,25H,16-17H2,1-3H3. The van der Waals surface area contributed by atoms with Crippen LogP contribution in [0.5, 0.6) is 5.75 Å². The Labute approximate surface area is 156 Å². The minimum Gasteiger partial charge on any atom is -0.489 e. The normalized spacial score (nSPS) is 11.4. The molecule has 3 rings (SSSR count). The van der Waals surface area contributed by atoms with Crippen molar-refractivity contribution in [1.29, 1.82) is 0 Å². The zero-order valence-corrected chi connectivity index (χ0v) is 15.7. The quantitative estimate of drug-likeness (QED) is 0.640. The molecule has 2 heteroatoms. The average Bonchev–Trinajstić information content (AvgIpc) is 2.66. The van der Waals surface area contributed by atoms with Crippen LogP contribution in [0.2, 0.25) is 0 Å². The summed E-state index contributed by atoms with van der Waals surface area (Å²) in [5, 5.41) is 9.61. The minimum atomic E-state index is -0.00435. The molecule has 0 aliphatic rings.